The molecule has 15 heteroatoms. The Hall–Kier alpha value is -3.03. The highest BCUT2D eigenvalue weighted by atomic mass is 31.2. The predicted molar refractivity (Wildman–Crippen MR) is 142 cm³/mol. The maximum Gasteiger partial charge on any atom is 0.407 e. The fraction of sp³-hybridized carbons (Fsp3) is 0.583. The van der Waals surface area contributed by atoms with Crippen molar-refractivity contribution in [3.63, 3.8) is 0 Å². The largest absolute Gasteiger partial charge is 0.445 e. The van der Waals surface area contributed by atoms with Crippen LogP contribution in [0.4, 0.5) is 10.5 Å². The minimum atomic E-state index is -3.64. The van der Waals surface area contributed by atoms with Crippen molar-refractivity contribution in [2.75, 3.05) is 51.9 Å². The number of aliphatic hydroxyl groups excluding tert-OH is 1. The lowest BCUT2D eigenvalue weighted by Gasteiger charge is -2.13. The van der Waals surface area contributed by atoms with Crippen molar-refractivity contribution in [1.82, 2.24) is 16.0 Å². The van der Waals surface area contributed by atoms with Gasteiger partial charge >= 0.3 is 13.7 Å². The van der Waals surface area contributed by atoms with Gasteiger partial charge in [-0.3, -0.25) is 18.9 Å². The standard InChI is InChI=1S/C24H39N4O10P/c1-25-21(30)6-3-4-7-22(31)27-14-23(32)28-19-10-8-18(9-11-19)15-37-24(33)26-12-5-13-36-16-20(29)17-38-39(2,34)35/h8-11,20,29H,3-7,12-17H2,1-2H3,(H,25,30)(H,26,33)(H,27,31)(H,28,32)(H,34,35). The van der Waals surface area contributed by atoms with Crippen LogP contribution in [-0.2, 0) is 39.6 Å². The number of anilines is 1. The summed E-state index contributed by atoms with van der Waals surface area (Å²) in [5.74, 6) is -0.730. The molecule has 39 heavy (non-hydrogen) atoms. The van der Waals surface area contributed by atoms with Gasteiger partial charge in [0.1, 0.15) is 12.7 Å². The van der Waals surface area contributed by atoms with Crippen molar-refractivity contribution in [3.05, 3.63) is 29.8 Å². The second kappa shape index (κ2) is 19.1. The van der Waals surface area contributed by atoms with Crippen LogP contribution >= 0.6 is 7.60 Å². The molecule has 0 aromatic heterocycles. The van der Waals surface area contributed by atoms with E-state index >= 15 is 0 Å². The molecule has 0 radical (unpaired) electrons. The Morgan fingerprint density at radius 3 is 2.26 bits per heavy atom. The third-order valence-electron chi connectivity index (χ3n) is 4.94. The van der Waals surface area contributed by atoms with Gasteiger partial charge in [0.25, 0.3) is 0 Å². The van der Waals surface area contributed by atoms with Gasteiger partial charge in [-0.05, 0) is 37.0 Å². The van der Waals surface area contributed by atoms with Crippen LogP contribution in [0.3, 0.4) is 0 Å². The summed E-state index contributed by atoms with van der Waals surface area (Å²) < 4.78 is 25.9. The molecule has 14 nitrogen and oxygen atoms in total. The maximum atomic E-state index is 12.0. The van der Waals surface area contributed by atoms with Crippen molar-refractivity contribution in [3.8, 4) is 0 Å². The Labute approximate surface area is 227 Å². The molecule has 0 saturated carbocycles. The summed E-state index contributed by atoms with van der Waals surface area (Å²) in [4.78, 5) is 55.8. The maximum absolute atomic E-state index is 12.0. The average Bonchev–Trinajstić information content (AvgIpc) is 2.89. The molecule has 4 amide bonds. The Kier molecular flexibility index (Phi) is 16.6. The van der Waals surface area contributed by atoms with Crippen molar-refractivity contribution < 1.29 is 47.7 Å². The zero-order valence-corrected chi connectivity index (χ0v) is 23.2. The van der Waals surface area contributed by atoms with E-state index in [0.29, 0.717) is 36.9 Å². The third kappa shape index (κ3) is 18.8. The number of amides is 4. The average molecular weight is 575 g/mol. The normalized spacial score (nSPS) is 13.0. The molecule has 2 atom stereocenters. The zero-order chi connectivity index (χ0) is 29.1. The number of hydrogen-bond acceptors (Lipinski definition) is 9. The number of nitrogens with one attached hydrogen (secondary N) is 4. The highest BCUT2D eigenvalue weighted by Crippen LogP contribution is 2.36. The molecule has 0 aliphatic rings. The molecule has 0 aliphatic carbocycles. The van der Waals surface area contributed by atoms with E-state index in [-0.39, 0.29) is 63.7 Å². The topological polar surface area (TPSA) is 202 Å². The fourth-order valence-corrected chi connectivity index (χ4v) is 3.36. The summed E-state index contributed by atoms with van der Waals surface area (Å²) in [7, 11) is -2.09. The summed E-state index contributed by atoms with van der Waals surface area (Å²) in [6.07, 6.45) is 0.538. The minimum absolute atomic E-state index is 0.0187. The van der Waals surface area contributed by atoms with Gasteiger partial charge in [0.05, 0.1) is 19.8 Å². The van der Waals surface area contributed by atoms with Crippen LogP contribution in [0.1, 0.15) is 37.7 Å². The van der Waals surface area contributed by atoms with Gasteiger partial charge in [-0.25, -0.2) is 4.79 Å². The van der Waals surface area contributed by atoms with Crippen LogP contribution in [0.2, 0.25) is 0 Å². The summed E-state index contributed by atoms with van der Waals surface area (Å²) in [6.45, 7) is 1.01. The molecule has 0 aliphatic heterocycles. The summed E-state index contributed by atoms with van der Waals surface area (Å²) in [5, 5.41) is 19.8. The number of carbonyl (C=O) groups excluding carboxylic acids is 4. The number of alkyl carbamates (subject to hydrolysis) is 1. The first-order chi connectivity index (χ1) is 18.5. The number of benzene rings is 1. The van der Waals surface area contributed by atoms with Crippen molar-refractivity contribution >= 4 is 37.1 Å². The molecule has 220 valence electrons. The fourth-order valence-electron chi connectivity index (χ4n) is 2.91. The smallest absolute Gasteiger partial charge is 0.407 e. The van der Waals surface area contributed by atoms with Crippen molar-refractivity contribution in [2.45, 2.75) is 44.8 Å². The Bertz CT molecular complexity index is 955. The number of rotatable bonds is 19. The molecule has 0 bridgehead atoms. The van der Waals surface area contributed by atoms with Gasteiger partial charge in [-0.2, -0.15) is 0 Å². The van der Waals surface area contributed by atoms with Gasteiger partial charge in [-0.15, -0.1) is 0 Å². The molecule has 0 saturated heterocycles. The van der Waals surface area contributed by atoms with Crippen LogP contribution in [0, 0.1) is 0 Å². The van der Waals surface area contributed by atoms with E-state index in [9.17, 15) is 28.8 Å². The van der Waals surface area contributed by atoms with Crippen LogP contribution in [0.5, 0.6) is 0 Å². The first kappa shape index (κ1) is 34.0. The summed E-state index contributed by atoms with van der Waals surface area (Å²) in [6, 6.07) is 6.66. The third-order valence-corrected chi connectivity index (χ3v) is 5.57. The van der Waals surface area contributed by atoms with Gasteiger partial charge in [0.15, 0.2) is 0 Å². The Morgan fingerprint density at radius 2 is 1.62 bits per heavy atom. The number of unbranched alkanes of at least 4 members (excludes halogenated alkanes) is 1. The molecule has 0 spiro atoms. The molecular formula is C24H39N4O10P. The lowest BCUT2D eigenvalue weighted by Crippen LogP contribution is -2.32. The van der Waals surface area contributed by atoms with E-state index in [4.69, 9.17) is 14.4 Å². The van der Waals surface area contributed by atoms with Crippen molar-refractivity contribution in [2.24, 2.45) is 0 Å². The molecule has 1 rings (SSSR count). The second-order valence-electron chi connectivity index (χ2n) is 8.59. The van der Waals surface area contributed by atoms with E-state index in [0.717, 1.165) is 6.66 Å². The van der Waals surface area contributed by atoms with Crippen LogP contribution in [-0.4, -0.2) is 86.5 Å². The second-order valence-corrected chi connectivity index (χ2v) is 10.5. The van der Waals surface area contributed by atoms with Crippen molar-refractivity contribution in [1.29, 1.82) is 0 Å². The lowest BCUT2D eigenvalue weighted by atomic mass is 10.2. The van der Waals surface area contributed by atoms with Crippen LogP contribution in [0.15, 0.2) is 24.3 Å². The van der Waals surface area contributed by atoms with E-state index in [1.54, 1.807) is 31.3 Å². The van der Waals surface area contributed by atoms with Gasteiger partial charge in [0, 0.05) is 45.4 Å². The highest BCUT2D eigenvalue weighted by molar-refractivity contribution is 7.51. The number of aliphatic hydroxyl groups is 1. The summed E-state index contributed by atoms with van der Waals surface area (Å²) in [5.41, 5.74) is 1.22. The van der Waals surface area contributed by atoms with Crippen LogP contribution in [0.25, 0.3) is 0 Å². The molecule has 1 aromatic rings. The minimum Gasteiger partial charge on any atom is -0.445 e. The first-order valence-electron chi connectivity index (χ1n) is 12.5. The zero-order valence-electron chi connectivity index (χ0n) is 22.3. The van der Waals surface area contributed by atoms with Gasteiger partial charge in [-0.1, -0.05) is 12.1 Å². The molecule has 6 N–H and O–H groups in total. The lowest BCUT2D eigenvalue weighted by molar-refractivity contribution is -0.124. The molecule has 1 aromatic carbocycles. The van der Waals surface area contributed by atoms with E-state index in [2.05, 4.69) is 25.8 Å². The first-order valence-corrected chi connectivity index (χ1v) is 14.5. The van der Waals surface area contributed by atoms with E-state index in [1.807, 2.05) is 0 Å². The molecular weight excluding hydrogens is 535 g/mol. The predicted octanol–water partition coefficient (Wildman–Crippen LogP) is 0.873. The van der Waals surface area contributed by atoms with E-state index in [1.165, 1.54) is 0 Å². The molecule has 0 heterocycles. The number of hydrogen-bond donors (Lipinski definition) is 6. The van der Waals surface area contributed by atoms with Crippen LogP contribution < -0.4 is 21.3 Å². The van der Waals surface area contributed by atoms with Gasteiger partial charge < -0.3 is 45.3 Å². The Morgan fingerprint density at radius 1 is 0.949 bits per heavy atom. The quantitative estimate of drug-likeness (QED) is 0.102. The molecule has 2 unspecified atom stereocenters. The Balaban J connectivity index is 2.14. The van der Waals surface area contributed by atoms with E-state index < -0.39 is 19.8 Å². The summed E-state index contributed by atoms with van der Waals surface area (Å²) >= 11 is 0. The number of ether oxygens (including phenoxy) is 2. The monoisotopic (exact) mass is 574 g/mol. The van der Waals surface area contributed by atoms with Gasteiger partial charge in [0.2, 0.25) is 17.7 Å². The highest BCUT2D eigenvalue weighted by Gasteiger charge is 2.14. The SMILES string of the molecule is CNC(=O)CCCCC(=O)NCC(=O)Nc1ccc(COC(=O)NCCCOCC(O)COP(C)(=O)O)cc1. The number of carbonyl (C=O) groups is 4. The molecule has 0 fully saturated rings.